The van der Waals surface area contributed by atoms with Gasteiger partial charge in [0.05, 0.1) is 18.8 Å². The number of ketones is 1. The molecule has 2 saturated heterocycles. The van der Waals surface area contributed by atoms with Gasteiger partial charge < -0.3 is 14.6 Å². The molecule has 1 spiro atoms. The van der Waals surface area contributed by atoms with E-state index in [9.17, 15) is 9.90 Å². The Kier molecular flexibility index (Phi) is 4.49. The smallest absolute Gasteiger partial charge is 0.171 e. The highest BCUT2D eigenvalue weighted by Crippen LogP contribution is 2.70. The highest BCUT2D eigenvalue weighted by atomic mass is 16.7. The van der Waals surface area contributed by atoms with Crippen LogP contribution in [0.15, 0.2) is 11.6 Å². The maximum absolute atomic E-state index is 13.5. The Morgan fingerprint density at radius 3 is 2.61 bits per heavy atom. The zero-order chi connectivity index (χ0) is 21.8. The molecule has 0 aromatic heterocycles. The summed E-state index contributed by atoms with van der Waals surface area (Å²) in [7, 11) is 0. The second-order valence-electron chi connectivity index (χ2n) is 12.6. The van der Waals surface area contributed by atoms with Gasteiger partial charge in [-0.25, -0.2) is 0 Å². The molecule has 172 valence electrons. The van der Waals surface area contributed by atoms with Crippen LogP contribution in [0.4, 0.5) is 0 Å². The van der Waals surface area contributed by atoms with Crippen LogP contribution in [0.1, 0.15) is 79.1 Å². The van der Waals surface area contributed by atoms with Crippen molar-refractivity contribution in [3.05, 3.63) is 11.6 Å². The molecule has 11 unspecified atom stereocenters. The van der Waals surface area contributed by atoms with E-state index >= 15 is 0 Å². The molecule has 0 aromatic rings. The lowest BCUT2D eigenvalue weighted by Gasteiger charge is -2.57. The van der Waals surface area contributed by atoms with Crippen LogP contribution in [-0.4, -0.2) is 35.5 Å². The fraction of sp³-hybridized carbons (Fsp3) is 0.889. The second-order valence-corrected chi connectivity index (χ2v) is 12.6. The Hall–Kier alpha value is -0.710. The van der Waals surface area contributed by atoms with E-state index in [4.69, 9.17) is 9.47 Å². The molecule has 31 heavy (non-hydrogen) atoms. The van der Waals surface area contributed by atoms with E-state index in [0.29, 0.717) is 41.8 Å². The first-order valence-electron chi connectivity index (χ1n) is 12.9. The number of carbonyl (C=O) groups is 1. The average Bonchev–Trinajstić information content (AvgIpc) is 3.16. The molecule has 0 radical (unpaired) electrons. The molecule has 4 nitrogen and oxygen atoms in total. The SMILES string of the molecule is CC1CCC2(OC1)OC1CC3C4C(=O)C=C5CC(O)CCC5(C)C4CCC3(C)C1C2C. The van der Waals surface area contributed by atoms with Crippen molar-refractivity contribution in [2.75, 3.05) is 6.61 Å². The van der Waals surface area contributed by atoms with Crippen molar-refractivity contribution in [2.45, 2.75) is 97.1 Å². The highest BCUT2D eigenvalue weighted by Gasteiger charge is 2.69. The summed E-state index contributed by atoms with van der Waals surface area (Å²) in [5.41, 5.74) is 1.48. The number of aliphatic hydroxyl groups is 1. The van der Waals surface area contributed by atoms with Crippen LogP contribution >= 0.6 is 0 Å². The molecule has 6 rings (SSSR count). The first-order valence-corrected chi connectivity index (χ1v) is 12.9. The highest BCUT2D eigenvalue weighted by molar-refractivity contribution is 5.94. The fourth-order valence-electron chi connectivity index (χ4n) is 9.41. The maximum atomic E-state index is 13.5. The Labute approximate surface area is 187 Å². The van der Waals surface area contributed by atoms with Gasteiger partial charge in [-0.05, 0) is 85.5 Å². The van der Waals surface area contributed by atoms with Crippen LogP contribution in [0.2, 0.25) is 0 Å². The van der Waals surface area contributed by atoms with E-state index in [-0.39, 0.29) is 34.7 Å². The van der Waals surface area contributed by atoms with Crippen molar-refractivity contribution in [3.8, 4) is 0 Å². The van der Waals surface area contributed by atoms with Gasteiger partial charge in [-0.15, -0.1) is 0 Å². The lowest BCUT2D eigenvalue weighted by atomic mass is 9.46. The molecular formula is C27H40O4. The third kappa shape index (κ3) is 2.68. The Morgan fingerprint density at radius 1 is 1.06 bits per heavy atom. The van der Waals surface area contributed by atoms with Crippen LogP contribution in [0.3, 0.4) is 0 Å². The van der Waals surface area contributed by atoms with E-state index in [2.05, 4.69) is 27.7 Å². The van der Waals surface area contributed by atoms with E-state index in [0.717, 1.165) is 38.7 Å². The molecule has 3 saturated carbocycles. The number of ether oxygens (including phenoxy) is 2. The summed E-state index contributed by atoms with van der Waals surface area (Å²) in [6.07, 6.45) is 10.0. The van der Waals surface area contributed by atoms with Gasteiger partial charge in [0.25, 0.3) is 0 Å². The summed E-state index contributed by atoms with van der Waals surface area (Å²) in [5.74, 6) is 2.43. The molecule has 4 heteroatoms. The van der Waals surface area contributed by atoms with E-state index < -0.39 is 0 Å². The van der Waals surface area contributed by atoms with Gasteiger partial charge in [-0.3, -0.25) is 4.79 Å². The number of hydrogen-bond acceptors (Lipinski definition) is 4. The van der Waals surface area contributed by atoms with Gasteiger partial charge in [0, 0.05) is 18.3 Å². The maximum Gasteiger partial charge on any atom is 0.171 e. The number of rotatable bonds is 0. The first kappa shape index (κ1) is 20.9. The number of allylic oxidation sites excluding steroid dienone is 1. The van der Waals surface area contributed by atoms with Gasteiger partial charge in [0.15, 0.2) is 11.6 Å². The Bertz CT molecular complexity index is 810. The Balaban J connectivity index is 1.32. The van der Waals surface area contributed by atoms with Crippen molar-refractivity contribution in [1.82, 2.24) is 0 Å². The molecule has 0 aromatic carbocycles. The minimum atomic E-state index is -0.387. The summed E-state index contributed by atoms with van der Waals surface area (Å²) in [6, 6.07) is 0. The van der Waals surface area contributed by atoms with Crippen molar-refractivity contribution in [2.24, 2.45) is 46.3 Å². The lowest BCUT2D eigenvalue weighted by Crippen LogP contribution is -2.54. The number of hydrogen-bond donors (Lipinski definition) is 1. The predicted molar refractivity (Wildman–Crippen MR) is 118 cm³/mol. The van der Waals surface area contributed by atoms with Gasteiger partial charge in [0.2, 0.25) is 0 Å². The second kappa shape index (κ2) is 6.67. The molecule has 2 heterocycles. The normalized spacial score (nSPS) is 58.4. The summed E-state index contributed by atoms with van der Waals surface area (Å²) >= 11 is 0. The molecule has 5 fully saturated rings. The van der Waals surface area contributed by atoms with Crippen molar-refractivity contribution >= 4 is 5.78 Å². The van der Waals surface area contributed by atoms with Crippen LogP contribution in [0.5, 0.6) is 0 Å². The molecule has 11 atom stereocenters. The van der Waals surface area contributed by atoms with Gasteiger partial charge >= 0.3 is 0 Å². The van der Waals surface area contributed by atoms with Gasteiger partial charge in [0.1, 0.15) is 0 Å². The number of fused-ring (bicyclic) bond motifs is 7. The summed E-state index contributed by atoms with van der Waals surface area (Å²) < 4.78 is 13.2. The molecular weight excluding hydrogens is 388 g/mol. The topological polar surface area (TPSA) is 55.8 Å². The van der Waals surface area contributed by atoms with Crippen LogP contribution in [0.25, 0.3) is 0 Å². The molecule has 4 aliphatic carbocycles. The zero-order valence-corrected chi connectivity index (χ0v) is 19.7. The average molecular weight is 429 g/mol. The van der Waals surface area contributed by atoms with Crippen LogP contribution in [0, 0.1) is 46.3 Å². The molecule has 0 bridgehead atoms. The quantitative estimate of drug-likeness (QED) is 0.597. The third-order valence-electron chi connectivity index (χ3n) is 11.2. The molecule has 0 amide bonds. The summed E-state index contributed by atoms with van der Waals surface area (Å²) in [6.45, 7) is 10.3. The summed E-state index contributed by atoms with van der Waals surface area (Å²) in [4.78, 5) is 13.5. The van der Waals surface area contributed by atoms with Gasteiger partial charge in [-0.2, -0.15) is 0 Å². The standard InChI is InChI=1S/C27H40O4/c1-15-5-10-27(30-14-15)16(2)24-22(31-27)13-20-23-19(7-9-26(20,24)4)25(3)8-6-18(28)11-17(25)12-21(23)29/h12,15-16,18-20,22-24,28H,5-11,13-14H2,1-4H3. The third-order valence-corrected chi connectivity index (χ3v) is 11.2. The number of aliphatic hydroxyl groups excluding tert-OH is 1. The van der Waals surface area contributed by atoms with E-state index in [1.807, 2.05) is 6.08 Å². The van der Waals surface area contributed by atoms with Crippen LogP contribution in [-0.2, 0) is 14.3 Å². The van der Waals surface area contributed by atoms with Gasteiger partial charge in [-0.1, -0.05) is 33.3 Å². The van der Waals surface area contributed by atoms with E-state index in [1.165, 1.54) is 18.4 Å². The molecule has 6 aliphatic rings. The predicted octanol–water partition coefficient (Wildman–Crippen LogP) is 4.89. The fourth-order valence-corrected chi connectivity index (χ4v) is 9.41. The van der Waals surface area contributed by atoms with E-state index in [1.54, 1.807) is 0 Å². The Morgan fingerprint density at radius 2 is 1.87 bits per heavy atom. The zero-order valence-electron chi connectivity index (χ0n) is 19.7. The lowest BCUT2D eigenvalue weighted by molar-refractivity contribution is -0.272. The number of carbonyl (C=O) groups excluding carboxylic acids is 1. The van der Waals surface area contributed by atoms with Crippen molar-refractivity contribution < 1.29 is 19.4 Å². The molecule has 1 N–H and O–H groups in total. The minimum absolute atomic E-state index is 0.0904. The van der Waals surface area contributed by atoms with Crippen LogP contribution < -0.4 is 0 Å². The largest absolute Gasteiger partial charge is 0.393 e. The minimum Gasteiger partial charge on any atom is -0.393 e. The van der Waals surface area contributed by atoms with Crippen molar-refractivity contribution in [3.63, 3.8) is 0 Å². The monoisotopic (exact) mass is 428 g/mol. The first-order chi connectivity index (χ1) is 14.7. The van der Waals surface area contributed by atoms with Crippen molar-refractivity contribution in [1.29, 1.82) is 0 Å². The summed E-state index contributed by atoms with van der Waals surface area (Å²) in [5, 5.41) is 10.2. The molecule has 2 aliphatic heterocycles.